The summed E-state index contributed by atoms with van der Waals surface area (Å²) >= 11 is 0. The summed E-state index contributed by atoms with van der Waals surface area (Å²) < 4.78 is 0. The van der Waals surface area contributed by atoms with E-state index in [0.717, 1.165) is 33.6 Å². The number of hydrogen-bond donors (Lipinski definition) is 0. The van der Waals surface area contributed by atoms with Gasteiger partial charge in [-0.05, 0) is 121 Å². The first-order valence-electron chi connectivity index (χ1n) is 25.2. The second-order valence-electron chi connectivity index (χ2n) is 18.0. The average molecular weight is 1000 g/mol. The van der Waals surface area contributed by atoms with Gasteiger partial charge >= 0.3 is 0 Å². The molecule has 0 atom stereocenters. The van der Waals surface area contributed by atoms with Gasteiger partial charge in [0.1, 0.15) is 0 Å². The lowest BCUT2D eigenvalue weighted by Crippen LogP contribution is -2.16. The fourth-order valence-electron chi connectivity index (χ4n) is 10.2. The number of hydrogen-bond acceptors (Lipinski definition) is 4. The monoisotopic (exact) mass is 1000 g/mol. The van der Waals surface area contributed by atoms with E-state index in [1.165, 1.54) is 39.2 Å². The van der Waals surface area contributed by atoms with Crippen LogP contribution in [-0.2, 0) is 0 Å². The summed E-state index contributed by atoms with van der Waals surface area (Å²) in [7, 11) is -4.07. The molecule has 1 heterocycles. The molecule has 0 bridgehead atoms. The van der Waals surface area contributed by atoms with Gasteiger partial charge in [-0.1, -0.05) is 200 Å². The van der Waals surface area contributed by atoms with Crippen molar-refractivity contribution in [3.63, 3.8) is 0 Å². The van der Waals surface area contributed by atoms with E-state index < -0.39 is 20.1 Å². The van der Waals surface area contributed by atoms with Crippen molar-refractivity contribution >= 4 is 37.4 Å². The highest BCUT2D eigenvalue weighted by atomic mass is 32.3. The van der Waals surface area contributed by atoms with Gasteiger partial charge < -0.3 is 0 Å². The number of aromatic nitrogens is 3. The summed E-state index contributed by atoms with van der Waals surface area (Å²) in [6.45, 7) is 0. The van der Waals surface area contributed by atoms with E-state index in [-0.39, 0.29) is 0 Å². The molecule has 1 aromatic heterocycles. The Kier molecular flexibility index (Phi) is 13.3. The van der Waals surface area contributed by atoms with E-state index in [4.69, 9.17) is 15.0 Å². The van der Waals surface area contributed by atoms with Crippen LogP contribution in [0.25, 0.3) is 33.9 Å². The average Bonchev–Trinajstić information content (AvgIpc) is 3.50. The van der Waals surface area contributed by atoms with E-state index in [2.05, 4.69) is 314 Å². The van der Waals surface area contributed by atoms with Crippen molar-refractivity contribution in [2.24, 2.45) is 0 Å². The molecule has 75 heavy (non-hydrogen) atoms. The predicted octanol–water partition coefficient (Wildman–Crippen LogP) is 19.0. The molecule has 0 unspecified atom stereocenters. The number of anilines is 3. The summed E-state index contributed by atoms with van der Waals surface area (Å²) in [5.74, 6) is 1.63. The van der Waals surface area contributed by atoms with Crippen LogP contribution < -0.4 is 4.90 Å². The molecule has 0 N–H and O–H groups in total. The van der Waals surface area contributed by atoms with Crippen LogP contribution in [0.15, 0.2) is 355 Å². The Morgan fingerprint density at radius 2 is 0.533 bits per heavy atom. The molecule has 12 rings (SSSR count). The van der Waals surface area contributed by atoms with E-state index in [1.807, 2.05) is 6.07 Å². The number of benzene rings is 11. The van der Waals surface area contributed by atoms with E-state index in [9.17, 15) is 0 Å². The SMILES string of the molecule is c1ccc(-c2ccccc2N(c2ccccc2)c2nc(-c3cccc(S(c4ccccc4)(c4ccccc4)c4ccccc4)c3)nc(-c3cccc(S(c4ccccc4)(c4ccccc4)c4ccccc4)c3)n2)cc1. The zero-order valence-corrected chi connectivity index (χ0v) is 42.8. The molecule has 0 saturated carbocycles. The minimum absolute atomic E-state index is 0.501. The molecule has 0 aliphatic heterocycles. The van der Waals surface area contributed by atoms with Crippen LogP contribution in [0.3, 0.4) is 0 Å². The van der Waals surface area contributed by atoms with Crippen molar-refractivity contribution in [3.8, 4) is 33.9 Å². The Morgan fingerprint density at radius 3 is 0.907 bits per heavy atom. The molecule has 0 saturated heterocycles. The number of para-hydroxylation sites is 2. The van der Waals surface area contributed by atoms with Gasteiger partial charge in [0.2, 0.25) is 5.95 Å². The number of rotatable bonds is 14. The molecule has 11 aromatic carbocycles. The van der Waals surface area contributed by atoms with Crippen LogP contribution in [0.2, 0.25) is 0 Å². The summed E-state index contributed by atoms with van der Waals surface area (Å²) in [5.41, 5.74) is 5.78. The topological polar surface area (TPSA) is 41.9 Å². The molecule has 360 valence electrons. The maximum atomic E-state index is 5.59. The zero-order chi connectivity index (χ0) is 50.3. The van der Waals surface area contributed by atoms with E-state index >= 15 is 0 Å². The van der Waals surface area contributed by atoms with E-state index in [0.29, 0.717) is 17.6 Å². The quantitative estimate of drug-likeness (QED) is 0.109. The highest BCUT2D eigenvalue weighted by Gasteiger charge is 2.35. The first-order valence-corrected chi connectivity index (χ1v) is 28.4. The highest BCUT2D eigenvalue weighted by Crippen LogP contribution is 2.75. The maximum absolute atomic E-state index is 5.59. The van der Waals surface area contributed by atoms with Gasteiger partial charge in [-0.25, -0.2) is 4.98 Å². The summed E-state index contributed by atoms with van der Waals surface area (Å²) in [6.07, 6.45) is 0. The normalized spacial score (nSPS) is 11.9. The van der Waals surface area contributed by atoms with Crippen molar-refractivity contribution in [3.05, 3.63) is 315 Å². The van der Waals surface area contributed by atoms with Gasteiger partial charge in [-0.2, -0.15) is 9.97 Å². The second-order valence-corrected chi connectivity index (χ2v) is 24.2. The summed E-state index contributed by atoms with van der Waals surface area (Å²) in [6, 6.07) is 113. The minimum atomic E-state index is -2.03. The molecule has 0 spiro atoms. The number of nitrogens with zero attached hydrogens (tertiary/aromatic N) is 4. The molecule has 0 aliphatic rings. The standard InChI is InChI=1S/C69H52N4S2/c1-9-29-53(30-10-1)65-49-25-26-50-66(65)73(56-33-11-2-12-34-56)69-71-67(54-31-27-47-63(51-54)74(57-35-13-3-14-36-57,58-37-15-4-16-38-58)59-39-17-5-18-40-59)70-68(72-69)55-32-28-48-64(52-55)75(60-41-19-6-20-42-60,61-43-21-7-22-44-61)62-45-23-8-24-46-62/h1-52H. The van der Waals surface area contributed by atoms with Gasteiger partial charge in [-0.15, -0.1) is 20.1 Å². The largest absolute Gasteiger partial charge is 0.278 e. The first-order chi connectivity index (χ1) is 37.2. The van der Waals surface area contributed by atoms with Crippen molar-refractivity contribution in [2.75, 3.05) is 4.90 Å². The van der Waals surface area contributed by atoms with Gasteiger partial charge in [0, 0.05) is 61.5 Å². The fraction of sp³-hybridized carbons (Fsp3) is 0. The molecule has 12 aromatic rings. The van der Waals surface area contributed by atoms with Crippen molar-refractivity contribution in [1.29, 1.82) is 0 Å². The molecular formula is C69H52N4S2. The predicted molar refractivity (Wildman–Crippen MR) is 311 cm³/mol. The second kappa shape index (κ2) is 21.2. The van der Waals surface area contributed by atoms with Crippen LogP contribution in [0, 0.1) is 0 Å². The van der Waals surface area contributed by atoms with Crippen LogP contribution in [0.4, 0.5) is 17.3 Å². The van der Waals surface area contributed by atoms with Gasteiger partial charge in [0.05, 0.1) is 5.69 Å². The van der Waals surface area contributed by atoms with Gasteiger partial charge in [-0.3, -0.25) is 4.90 Å². The van der Waals surface area contributed by atoms with Crippen molar-refractivity contribution in [1.82, 2.24) is 15.0 Å². The molecule has 0 amide bonds. The molecule has 4 nitrogen and oxygen atoms in total. The Bertz CT molecular complexity index is 3430. The molecule has 6 heteroatoms. The molecular weight excluding hydrogens is 949 g/mol. The smallest absolute Gasteiger partial charge is 0.238 e. The first kappa shape index (κ1) is 47.0. The minimum Gasteiger partial charge on any atom is -0.278 e. The van der Waals surface area contributed by atoms with Crippen LogP contribution in [-0.4, -0.2) is 15.0 Å². The van der Waals surface area contributed by atoms with Crippen molar-refractivity contribution in [2.45, 2.75) is 39.2 Å². The van der Waals surface area contributed by atoms with Gasteiger partial charge in [0.15, 0.2) is 11.6 Å². The van der Waals surface area contributed by atoms with E-state index in [1.54, 1.807) is 0 Å². The Hall–Kier alpha value is -9.07. The maximum Gasteiger partial charge on any atom is 0.238 e. The Balaban J connectivity index is 1.13. The lowest BCUT2D eigenvalue weighted by Gasteiger charge is -2.42. The highest BCUT2D eigenvalue weighted by molar-refractivity contribution is 8.34. The Morgan fingerprint density at radius 1 is 0.240 bits per heavy atom. The summed E-state index contributed by atoms with van der Waals surface area (Å²) in [4.78, 5) is 28.7. The third-order valence-electron chi connectivity index (χ3n) is 13.5. The molecule has 0 radical (unpaired) electrons. The summed E-state index contributed by atoms with van der Waals surface area (Å²) in [5, 5.41) is 0. The lowest BCUT2D eigenvalue weighted by molar-refractivity contribution is 1.02. The molecule has 0 aliphatic carbocycles. The van der Waals surface area contributed by atoms with Crippen molar-refractivity contribution < 1.29 is 0 Å². The molecule has 0 fully saturated rings. The van der Waals surface area contributed by atoms with Crippen LogP contribution >= 0.6 is 20.1 Å². The third-order valence-corrected chi connectivity index (χ3v) is 21.3. The zero-order valence-electron chi connectivity index (χ0n) is 41.1. The van der Waals surface area contributed by atoms with Crippen LogP contribution in [0.5, 0.6) is 0 Å². The fourth-order valence-corrected chi connectivity index (χ4v) is 18.1. The van der Waals surface area contributed by atoms with Crippen LogP contribution in [0.1, 0.15) is 0 Å². The Labute approximate surface area is 443 Å². The van der Waals surface area contributed by atoms with Gasteiger partial charge in [0.25, 0.3) is 0 Å². The third kappa shape index (κ3) is 8.90. The lowest BCUT2D eigenvalue weighted by atomic mass is 10.0.